The summed E-state index contributed by atoms with van der Waals surface area (Å²) >= 11 is 0. The largest absolute Gasteiger partial charge is 0.502 e. The third-order valence-corrected chi connectivity index (χ3v) is 3.83. The second kappa shape index (κ2) is 6.86. The molecule has 2 aromatic carbocycles. The van der Waals surface area contributed by atoms with Crippen molar-refractivity contribution in [2.24, 2.45) is 0 Å². The molecule has 0 aliphatic heterocycles. The third kappa shape index (κ3) is 3.14. The quantitative estimate of drug-likeness (QED) is 0.551. The summed E-state index contributed by atoms with van der Waals surface area (Å²) in [7, 11) is 0. The van der Waals surface area contributed by atoms with Crippen LogP contribution in [-0.4, -0.2) is 20.9 Å². The van der Waals surface area contributed by atoms with Gasteiger partial charge < -0.3 is 10.4 Å². The highest BCUT2D eigenvalue weighted by Gasteiger charge is 2.23. The van der Waals surface area contributed by atoms with Crippen LogP contribution in [0.2, 0.25) is 0 Å². The van der Waals surface area contributed by atoms with Crippen LogP contribution in [0, 0.1) is 21.4 Å². The molecule has 0 unspecified atom stereocenters. The number of nitriles is 1. The first-order chi connectivity index (χ1) is 12.5. The van der Waals surface area contributed by atoms with E-state index in [4.69, 9.17) is 5.26 Å². The lowest BCUT2D eigenvalue weighted by Gasteiger charge is -2.09. The van der Waals surface area contributed by atoms with E-state index in [1.54, 1.807) is 12.3 Å². The molecule has 0 radical (unpaired) electrons. The van der Waals surface area contributed by atoms with Crippen LogP contribution in [-0.2, 0) is 6.54 Å². The smallest absolute Gasteiger partial charge is 0.312 e. The van der Waals surface area contributed by atoms with Gasteiger partial charge in [0.1, 0.15) is 0 Å². The van der Waals surface area contributed by atoms with Crippen LogP contribution in [0.5, 0.6) is 5.75 Å². The van der Waals surface area contributed by atoms with Crippen molar-refractivity contribution in [2.45, 2.75) is 6.54 Å². The predicted octanol–water partition coefficient (Wildman–Crippen LogP) is 2.65. The van der Waals surface area contributed by atoms with Crippen molar-refractivity contribution in [1.82, 2.24) is 10.3 Å². The first-order valence-corrected chi connectivity index (χ1v) is 7.53. The summed E-state index contributed by atoms with van der Waals surface area (Å²) in [5, 5.41) is 34.3. The number of nitro benzene ring substituents is 1. The molecule has 0 aliphatic rings. The van der Waals surface area contributed by atoms with Gasteiger partial charge in [-0.25, -0.2) is 0 Å². The molecule has 0 saturated heterocycles. The Kier molecular flexibility index (Phi) is 4.45. The first-order valence-electron chi connectivity index (χ1n) is 7.53. The molecule has 3 rings (SSSR count). The van der Waals surface area contributed by atoms with Gasteiger partial charge in [0.05, 0.1) is 34.4 Å². The summed E-state index contributed by atoms with van der Waals surface area (Å²) in [6.07, 6.45) is 1.61. The lowest BCUT2D eigenvalue weighted by molar-refractivity contribution is -0.385. The Hall–Kier alpha value is -3.99. The molecule has 1 amide bonds. The molecule has 0 fully saturated rings. The Morgan fingerprint density at radius 2 is 2.08 bits per heavy atom. The van der Waals surface area contributed by atoms with Gasteiger partial charge in [-0.3, -0.25) is 19.9 Å². The molecular formula is C18H12N4O4. The van der Waals surface area contributed by atoms with E-state index < -0.39 is 22.3 Å². The number of amides is 1. The zero-order chi connectivity index (χ0) is 18.7. The first kappa shape index (κ1) is 16.9. The summed E-state index contributed by atoms with van der Waals surface area (Å²) in [5.41, 5.74) is -0.515. The zero-order valence-electron chi connectivity index (χ0n) is 13.3. The molecule has 1 heterocycles. The fourth-order valence-corrected chi connectivity index (χ4v) is 2.58. The number of nitro groups is 1. The molecule has 2 N–H and O–H groups in total. The van der Waals surface area contributed by atoms with Crippen molar-refractivity contribution < 1.29 is 14.8 Å². The van der Waals surface area contributed by atoms with Gasteiger partial charge in [-0.15, -0.1) is 0 Å². The lowest BCUT2D eigenvalue weighted by Crippen LogP contribution is -2.23. The molecule has 0 aliphatic carbocycles. The van der Waals surface area contributed by atoms with E-state index >= 15 is 0 Å². The van der Waals surface area contributed by atoms with Crippen LogP contribution in [0.15, 0.2) is 48.7 Å². The SMILES string of the molecule is N#Cc1cc(C(=O)NCc2nccc3ccccc23)c(O)c([N+](=O)[O-])c1. The highest BCUT2D eigenvalue weighted by molar-refractivity contribution is 5.98. The molecule has 8 nitrogen and oxygen atoms in total. The van der Waals surface area contributed by atoms with Crippen molar-refractivity contribution in [3.63, 3.8) is 0 Å². The van der Waals surface area contributed by atoms with Crippen molar-refractivity contribution in [1.29, 1.82) is 5.26 Å². The highest BCUT2D eigenvalue weighted by atomic mass is 16.6. The van der Waals surface area contributed by atoms with Gasteiger partial charge in [-0.05, 0) is 17.5 Å². The monoisotopic (exact) mass is 348 g/mol. The third-order valence-electron chi connectivity index (χ3n) is 3.83. The number of rotatable bonds is 4. The maximum Gasteiger partial charge on any atom is 0.312 e. The average Bonchev–Trinajstić information content (AvgIpc) is 2.66. The summed E-state index contributed by atoms with van der Waals surface area (Å²) in [6.45, 7) is 0.0597. The van der Waals surface area contributed by atoms with Crippen molar-refractivity contribution in [3.8, 4) is 11.8 Å². The van der Waals surface area contributed by atoms with E-state index in [0.29, 0.717) is 5.69 Å². The second-order valence-corrected chi connectivity index (χ2v) is 5.42. The van der Waals surface area contributed by atoms with Crippen LogP contribution in [0.25, 0.3) is 10.8 Å². The van der Waals surface area contributed by atoms with E-state index in [1.165, 1.54) is 0 Å². The number of nitrogens with one attached hydrogen (secondary N) is 1. The van der Waals surface area contributed by atoms with Crippen LogP contribution in [0.1, 0.15) is 21.6 Å². The van der Waals surface area contributed by atoms with Crippen LogP contribution in [0.3, 0.4) is 0 Å². The normalized spacial score (nSPS) is 10.3. The van der Waals surface area contributed by atoms with E-state index in [-0.39, 0.29) is 17.7 Å². The maximum atomic E-state index is 12.4. The van der Waals surface area contributed by atoms with Crippen molar-refractivity contribution in [2.75, 3.05) is 0 Å². The zero-order valence-corrected chi connectivity index (χ0v) is 13.3. The Morgan fingerprint density at radius 1 is 1.31 bits per heavy atom. The average molecular weight is 348 g/mol. The van der Waals surface area contributed by atoms with Crippen LogP contribution < -0.4 is 5.32 Å². The molecular weight excluding hydrogens is 336 g/mol. The molecule has 0 spiro atoms. The summed E-state index contributed by atoms with van der Waals surface area (Å²) < 4.78 is 0. The van der Waals surface area contributed by atoms with Crippen LogP contribution in [0.4, 0.5) is 5.69 Å². The Bertz CT molecular complexity index is 1070. The lowest BCUT2D eigenvalue weighted by atomic mass is 10.1. The number of phenols is 1. The Balaban J connectivity index is 1.90. The number of phenolic OH excluding ortho intramolecular Hbond substituents is 1. The number of carbonyl (C=O) groups excluding carboxylic acids is 1. The summed E-state index contributed by atoms with van der Waals surface area (Å²) in [4.78, 5) is 26.8. The number of hydrogen-bond donors (Lipinski definition) is 2. The number of pyridine rings is 1. The number of nitrogens with zero attached hydrogens (tertiary/aromatic N) is 3. The summed E-state index contributed by atoms with van der Waals surface area (Å²) in [6, 6.07) is 13.1. The van der Waals surface area contributed by atoms with E-state index in [9.17, 15) is 20.0 Å². The van der Waals surface area contributed by atoms with Gasteiger partial charge in [0.2, 0.25) is 5.75 Å². The minimum absolute atomic E-state index is 0.0597. The van der Waals surface area contributed by atoms with Gasteiger partial charge in [0.25, 0.3) is 5.91 Å². The van der Waals surface area contributed by atoms with E-state index in [1.807, 2.05) is 30.3 Å². The number of aromatic hydroxyl groups is 1. The molecule has 8 heteroatoms. The molecule has 26 heavy (non-hydrogen) atoms. The van der Waals surface area contributed by atoms with Crippen molar-refractivity contribution >= 4 is 22.4 Å². The van der Waals surface area contributed by atoms with Gasteiger partial charge >= 0.3 is 5.69 Å². The number of benzene rings is 2. The fourth-order valence-electron chi connectivity index (χ4n) is 2.58. The Morgan fingerprint density at radius 3 is 2.81 bits per heavy atom. The standard InChI is InChI=1S/C18H12N4O4/c19-9-11-7-14(17(23)16(8-11)22(25)26)18(24)21-10-15-13-4-2-1-3-12(13)5-6-20-15/h1-8,23H,10H2,(H,21,24). The molecule has 0 atom stereocenters. The van der Waals surface area contributed by atoms with Crippen LogP contribution >= 0.6 is 0 Å². The number of carbonyl (C=O) groups is 1. The summed E-state index contributed by atoms with van der Waals surface area (Å²) in [5.74, 6) is -1.52. The minimum Gasteiger partial charge on any atom is -0.502 e. The highest BCUT2D eigenvalue weighted by Crippen LogP contribution is 2.31. The number of fused-ring (bicyclic) bond motifs is 1. The maximum absolute atomic E-state index is 12.4. The Labute approximate surface area is 147 Å². The second-order valence-electron chi connectivity index (χ2n) is 5.42. The van der Waals surface area contributed by atoms with Crippen molar-refractivity contribution in [3.05, 3.63) is 75.6 Å². The predicted molar refractivity (Wildman–Crippen MR) is 92.4 cm³/mol. The van der Waals surface area contributed by atoms with E-state index in [2.05, 4.69) is 10.3 Å². The molecule has 0 bridgehead atoms. The van der Waals surface area contributed by atoms with Gasteiger partial charge in [-0.1, -0.05) is 24.3 Å². The van der Waals surface area contributed by atoms with Gasteiger partial charge in [-0.2, -0.15) is 5.26 Å². The molecule has 3 aromatic rings. The molecule has 1 aromatic heterocycles. The fraction of sp³-hybridized carbons (Fsp3) is 0.0556. The minimum atomic E-state index is -0.848. The topological polar surface area (TPSA) is 129 Å². The molecule has 128 valence electrons. The van der Waals surface area contributed by atoms with Gasteiger partial charge in [0, 0.05) is 17.6 Å². The van der Waals surface area contributed by atoms with Gasteiger partial charge in [0.15, 0.2) is 0 Å². The molecule has 0 saturated carbocycles. The van der Waals surface area contributed by atoms with E-state index in [0.717, 1.165) is 22.9 Å². The number of hydrogen-bond acceptors (Lipinski definition) is 6. The number of aromatic nitrogens is 1.